The van der Waals surface area contributed by atoms with E-state index in [-0.39, 0.29) is 5.56 Å². The highest BCUT2D eigenvalue weighted by molar-refractivity contribution is 5.96. The van der Waals surface area contributed by atoms with Crippen LogP contribution in [0.2, 0.25) is 0 Å². The highest BCUT2D eigenvalue weighted by atomic mass is 19.4. The lowest BCUT2D eigenvalue weighted by atomic mass is 10.1. The van der Waals surface area contributed by atoms with Crippen molar-refractivity contribution in [3.63, 3.8) is 0 Å². The second kappa shape index (κ2) is 9.73. The fourth-order valence-electron chi connectivity index (χ4n) is 2.72. The molecule has 32 heavy (non-hydrogen) atoms. The van der Waals surface area contributed by atoms with Gasteiger partial charge in [-0.15, -0.1) is 0 Å². The van der Waals surface area contributed by atoms with E-state index in [2.05, 4.69) is 20.4 Å². The van der Waals surface area contributed by atoms with E-state index < -0.39 is 30.2 Å². The van der Waals surface area contributed by atoms with Crippen LogP contribution in [-0.2, 0) is 14.3 Å². The minimum Gasteiger partial charge on any atom is -0.385 e. The Morgan fingerprint density at radius 2 is 1.44 bits per heavy atom. The molecule has 10 heteroatoms. The maximum atomic E-state index is 12.5. The Morgan fingerprint density at radius 1 is 0.844 bits per heavy atom. The van der Waals surface area contributed by atoms with Crippen molar-refractivity contribution in [2.24, 2.45) is 0 Å². The van der Waals surface area contributed by atoms with Gasteiger partial charge in [-0.05, 0) is 41.0 Å². The maximum Gasteiger partial charge on any atom is 0.491 e. The summed E-state index contributed by atoms with van der Waals surface area (Å²) in [5.74, 6) is -4.24. The largest absolute Gasteiger partial charge is 0.491 e. The number of benzene rings is 2. The number of ether oxygens (including phenoxy) is 1. The number of rotatable bonds is 5. The number of hydrogen-bond acceptors (Lipinski definition) is 5. The van der Waals surface area contributed by atoms with Gasteiger partial charge in [-0.25, -0.2) is 14.4 Å². The van der Waals surface area contributed by atoms with Crippen molar-refractivity contribution in [2.75, 3.05) is 5.32 Å². The molecule has 0 saturated heterocycles. The predicted octanol–water partition coefficient (Wildman–Crippen LogP) is 4.24. The highest BCUT2D eigenvalue weighted by Gasteiger charge is 2.43. The van der Waals surface area contributed by atoms with Gasteiger partial charge in [0.2, 0.25) is 0 Å². The molecule has 3 rings (SSSR count). The minimum atomic E-state index is -5.35. The molecule has 164 valence electrons. The first-order chi connectivity index (χ1) is 15.2. The number of hydrogen-bond donors (Lipinski definition) is 2. The Bertz CT molecular complexity index is 1090. The predicted molar refractivity (Wildman–Crippen MR) is 108 cm³/mol. The third-order valence-electron chi connectivity index (χ3n) is 4.23. The molecular formula is C22H16F3N3O4. The molecular weight excluding hydrogens is 427 g/mol. The number of aromatic nitrogens is 1. The number of carbonyl (C=O) groups is 3. The normalized spacial score (nSPS) is 11.8. The van der Waals surface area contributed by atoms with Gasteiger partial charge in [0.05, 0.1) is 0 Å². The second-order valence-electron chi connectivity index (χ2n) is 6.46. The SMILES string of the molecule is O=C(Nc1ccc(-c2ccncc2)cc1)N[C@H](C(=O)OC(=O)C(F)(F)F)c1ccccc1. The van der Waals surface area contributed by atoms with Crippen LogP contribution in [0, 0.1) is 0 Å². The lowest BCUT2D eigenvalue weighted by Crippen LogP contribution is -2.40. The molecule has 0 aliphatic rings. The van der Waals surface area contributed by atoms with E-state index in [9.17, 15) is 27.6 Å². The minimum absolute atomic E-state index is 0.135. The van der Waals surface area contributed by atoms with Gasteiger partial charge in [-0.1, -0.05) is 42.5 Å². The van der Waals surface area contributed by atoms with Gasteiger partial charge in [0, 0.05) is 18.1 Å². The van der Waals surface area contributed by atoms with Gasteiger partial charge in [-0.3, -0.25) is 4.98 Å². The summed E-state index contributed by atoms with van der Waals surface area (Å²) in [5.41, 5.74) is 2.29. The fraction of sp³-hybridized carbons (Fsp3) is 0.0909. The number of esters is 2. The van der Waals surface area contributed by atoms with Gasteiger partial charge in [0.25, 0.3) is 0 Å². The summed E-state index contributed by atoms with van der Waals surface area (Å²) in [6, 6.07) is 15.2. The van der Waals surface area contributed by atoms with Crippen molar-refractivity contribution >= 4 is 23.7 Å². The van der Waals surface area contributed by atoms with Crippen LogP contribution in [0.15, 0.2) is 79.1 Å². The highest BCUT2D eigenvalue weighted by Crippen LogP contribution is 2.22. The van der Waals surface area contributed by atoms with Crippen molar-refractivity contribution in [1.29, 1.82) is 0 Å². The molecule has 0 spiro atoms. The van der Waals surface area contributed by atoms with E-state index in [1.807, 2.05) is 12.1 Å². The number of carbonyl (C=O) groups excluding carboxylic acids is 3. The van der Waals surface area contributed by atoms with Crippen LogP contribution in [0.1, 0.15) is 11.6 Å². The van der Waals surface area contributed by atoms with Crippen molar-refractivity contribution in [1.82, 2.24) is 10.3 Å². The molecule has 1 aromatic heterocycles. The average molecular weight is 443 g/mol. The number of alkyl halides is 3. The maximum absolute atomic E-state index is 12.5. The summed E-state index contributed by atoms with van der Waals surface area (Å²) in [6.45, 7) is 0. The summed E-state index contributed by atoms with van der Waals surface area (Å²) in [4.78, 5) is 39.6. The molecule has 0 aliphatic carbocycles. The zero-order valence-corrected chi connectivity index (χ0v) is 16.3. The quantitative estimate of drug-likeness (QED) is 0.454. The smallest absolute Gasteiger partial charge is 0.385 e. The molecule has 0 bridgehead atoms. The van der Waals surface area contributed by atoms with Crippen LogP contribution in [0.5, 0.6) is 0 Å². The first-order valence-corrected chi connectivity index (χ1v) is 9.20. The molecule has 0 fully saturated rings. The monoisotopic (exact) mass is 443 g/mol. The van der Waals surface area contributed by atoms with Crippen molar-refractivity contribution < 1.29 is 32.3 Å². The topological polar surface area (TPSA) is 97.4 Å². The third kappa shape index (κ3) is 5.91. The first kappa shape index (κ1) is 22.5. The van der Waals surface area contributed by atoms with Gasteiger partial charge >= 0.3 is 24.1 Å². The van der Waals surface area contributed by atoms with Gasteiger partial charge in [-0.2, -0.15) is 13.2 Å². The van der Waals surface area contributed by atoms with Crippen LogP contribution < -0.4 is 10.6 Å². The van der Waals surface area contributed by atoms with E-state index >= 15 is 0 Å². The van der Waals surface area contributed by atoms with E-state index in [1.54, 1.807) is 42.7 Å². The average Bonchev–Trinajstić information content (AvgIpc) is 2.78. The Hall–Kier alpha value is -4.21. The summed E-state index contributed by atoms with van der Waals surface area (Å²) in [7, 11) is 0. The molecule has 1 heterocycles. The molecule has 0 aliphatic heterocycles. The van der Waals surface area contributed by atoms with Gasteiger partial charge in [0.15, 0.2) is 6.04 Å². The number of anilines is 1. The van der Waals surface area contributed by atoms with Crippen LogP contribution in [0.25, 0.3) is 11.1 Å². The van der Waals surface area contributed by atoms with Gasteiger partial charge in [0.1, 0.15) is 0 Å². The van der Waals surface area contributed by atoms with Crippen molar-refractivity contribution in [2.45, 2.75) is 12.2 Å². The number of nitrogens with one attached hydrogen (secondary N) is 2. The Balaban J connectivity index is 1.71. The standard InChI is InChI=1S/C22H16F3N3O4/c23-22(24,25)20(30)32-19(29)18(16-4-2-1-3-5-16)28-21(31)27-17-8-6-14(7-9-17)15-10-12-26-13-11-15/h1-13,18H,(H2,27,28,31)/t18-/m0/s1. The molecule has 0 radical (unpaired) electrons. The number of pyridine rings is 1. The second-order valence-corrected chi connectivity index (χ2v) is 6.46. The number of nitrogens with zero attached hydrogens (tertiary/aromatic N) is 1. The van der Waals surface area contributed by atoms with E-state index in [0.29, 0.717) is 5.69 Å². The summed E-state index contributed by atoms with van der Waals surface area (Å²) in [5, 5.41) is 4.71. The van der Waals surface area contributed by atoms with E-state index in [0.717, 1.165) is 11.1 Å². The lowest BCUT2D eigenvalue weighted by molar-refractivity contribution is -0.202. The van der Waals surface area contributed by atoms with Crippen molar-refractivity contribution in [3.8, 4) is 11.1 Å². The molecule has 2 aromatic carbocycles. The number of amides is 2. The molecule has 0 saturated carbocycles. The lowest BCUT2D eigenvalue weighted by Gasteiger charge is -2.18. The third-order valence-corrected chi connectivity index (χ3v) is 4.23. The van der Waals surface area contributed by atoms with Crippen LogP contribution in [-0.4, -0.2) is 29.1 Å². The van der Waals surface area contributed by atoms with Crippen LogP contribution in [0.3, 0.4) is 0 Å². The Labute approximate surface area is 180 Å². The number of urea groups is 1. The zero-order valence-electron chi connectivity index (χ0n) is 16.3. The Kier molecular flexibility index (Phi) is 6.83. The molecule has 7 nitrogen and oxygen atoms in total. The van der Waals surface area contributed by atoms with Crippen LogP contribution in [0.4, 0.5) is 23.7 Å². The molecule has 3 aromatic rings. The molecule has 2 amide bonds. The van der Waals surface area contributed by atoms with E-state index in [1.165, 1.54) is 24.3 Å². The first-order valence-electron chi connectivity index (χ1n) is 9.20. The molecule has 1 atom stereocenters. The van der Waals surface area contributed by atoms with Crippen molar-refractivity contribution in [3.05, 3.63) is 84.7 Å². The Morgan fingerprint density at radius 3 is 2.03 bits per heavy atom. The summed E-state index contributed by atoms with van der Waals surface area (Å²) in [6.07, 6.45) is -2.07. The molecule has 2 N–H and O–H groups in total. The summed E-state index contributed by atoms with van der Waals surface area (Å²) < 4.78 is 41.2. The fourth-order valence-corrected chi connectivity index (χ4v) is 2.72. The van der Waals surface area contributed by atoms with Gasteiger partial charge < -0.3 is 15.4 Å². The number of halogens is 3. The van der Waals surface area contributed by atoms with Crippen LogP contribution >= 0.6 is 0 Å². The zero-order chi connectivity index (χ0) is 23.1. The summed E-state index contributed by atoms with van der Waals surface area (Å²) >= 11 is 0. The van der Waals surface area contributed by atoms with E-state index in [4.69, 9.17) is 0 Å². The molecule has 0 unspecified atom stereocenters.